The van der Waals surface area contributed by atoms with E-state index < -0.39 is 6.04 Å². The molecule has 1 aromatic rings. The number of hydrogen-bond acceptors (Lipinski definition) is 4. The number of amides is 1. The molecule has 96 valence electrons. The molecule has 0 bridgehead atoms. The lowest BCUT2D eigenvalue weighted by Crippen LogP contribution is -2.42. The molecule has 1 heterocycles. The Morgan fingerprint density at radius 2 is 2.24 bits per heavy atom. The summed E-state index contributed by atoms with van der Waals surface area (Å²) in [7, 11) is 0. The first-order valence-electron chi connectivity index (χ1n) is 5.93. The second-order valence-electron chi connectivity index (χ2n) is 4.75. The molecule has 0 spiro atoms. The van der Waals surface area contributed by atoms with Gasteiger partial charge in [0.2, 0.25) is 5.91 Å². The first kappa shape index (κ1) is 14.1. The third-order valence-corrected chi connectivity index (χ3v) is 3.52. The molecule has 0 aromatic carbocycles. The van der Waals surface area contributed by atoms with E-state index in [1.807, 2.05) is 12.3 Å². The van der Waals surface area contributed by atoms with Gasteiger partial charge in [0.05, 0.1) is 11.0 Å². The molecule has 0 aliphatic rings. The van der Waals surface area contributed by atoms with E-state index in [4.69, 9.17) is 5.73 Å². The number of carbonyl (C=O) groups is 1. The Morgan fingerprint density at radius 3 is 2.76 bits per heavy atom. The van der Waals surface area contributed by atoms with Crippen LogP contribution in [0.2, 0.25) is 0 Å². The van der Waals surface area contributed by atoms with Crippen molar-refractivity contribution in [2.45, 2.75) is 39.2 Å². The van der Waals surface area contributed by atoms with Crippen molar-refractivity contribution in [2.24, 2.45) is 11.7 Å². The third-order valence-electron chi connectivity index (χ3n) is 2.52. The van der Waals surface area contributed by atoms with Crippen molar-refractivity contribution in [1.82, 2.24) is 10.3 Å². The minimum Gasteiger partial charge on any atom is -0.354 e. The summed E-state index contributed by atoms with van der Waals surface area (Å²) >= 11 is 1.61. The molecule has 4 nitrogen and oxygen atoms in total. The van der Waals surface area contributed by atoms with Crippen molar-refractivity contribution < 1.29 is 4.79 Å². The Kier molecular flexibility index (Phi) is 5.58. The summed E-state index contributed by atoms with van der Waals surface area (Å²) < 4.78 is 0. The number of aromatic nitrogens is 1. The lowest BCUT2D eigenvalue weighted by atomic mass is 10.0. The van der Waals surface area contributed by atoms with Crippen molar-refractivity contribution in [3.8, 4) is 0 Å². The van der Waals surface area contributed by atoms with Crippen LogP contribution < -0.4 is 11.1 Å². The number of nitrogens with zero attached hydrogens (tertiary/aromatic N) is 1. The Morgan fingerprint density at radius 1 is 1.53 bits per heavy atom. The van der Waals surface area contributed by atoms with E-state index >= 15 is 0 Å². The van der Waals surface area contributed by atoms with Gasteiger partial charge in [-0.25, -0.2) is 4.98 Å². The number of carbonyl (C=O) groups excluding carboxylic acids is 1. The summed E-state index contributed by atoms with van der Waals surface area (Å²) in [5.74, 6) is 0.611. The summed E-state index contributed by atoms with van der Waals surface area (Å²) in [4.78, 5) is 15.9. The first-order chi connectivity index (χ1) is 8.00. The van der Waals surface area contributed by atoms with Crippen molar-refractivity contribution in [1.29, 1.82) is 0 Å². The smallest absolute Gasteiger partial charge is 0.236 e. The Hall–Kier alpha value is -0.940. The molecule has 0 saturated carbocycles. The summed E-state index contributed by atoms with van der Waals surface area (Å²) in [6.45, 7) is 6.77. The molecule has 1 aromatic heterocycles. The van der Waals surface area contributed by atoms with E-state index in [0.717, 1.165) is 11.4 Å². The molecule has 0 fully saturated rings. The Balaban J connectivity index is 2.33. The van der Waals surface area contributed by atoms with Crippen molar-refractivity contribution in [3.63, 3.8) is 0 Å². The van der Waals surface area contributed by atoms with Gasteiger partial charge in [0.1, 0.15) is 0 Å². The fourth-order valence-corrected chi connectivity index (χ4v) is 2.26. The minimum absolute atomic E-state index is 0.0675. The molecule has 1 amide bonds. The minimum atomic E-state index is -0.404. The Labute approximate surface area is 107 Å². The van der Waals surface area contributed by atoms with Gasteiger partial charge in [-0.1, -0.05) is 20.8 Å². The summed E-state index contributed by atoms with van der Waals surface area (Å²) in [6.07, 6.45) is 2.50. The highest BCUT2D eigenvalue weighted by atomic mass is 32.1. The lowest BCUT2D eigenvalue weighted by Gasteiger charge is -2.15. The van der Waals surface area contributed by atoms with Crippen molar-refractivity contribution in [2.75, 3.05) is 6.54 Å². The molecule has 0 aliphatic heterocycles. The van der Waals surface area contributed by atoms with E-state index in [1.165, 1.54) is 0 Å². The number of hydrogen-bond donors (Lipinski definition) is 2. The van der Waals surface area contributed by atoms with Gasteiger partial charge in [-0.3, -0.25) is 4.79 Å². The van der Waals surface area contributed by atoms with Gasteiger partial charge in [0, 0.05) is 24.0 Å². The quantitative estimate of drug-likeness (QED) is 0.813. The second-order valence-corrected chi connectivity index (χ2v) is 5.68. The fourth-order valence-electron chi connectivity index (χ4n) is 1.56. The molecule has 17 heavy (non-hydrogen) atoms. The highest BCUT2D eigenvalue weighted by molar-refractivity contribution is 7.09. The van der Waals surface area contributed by atoms with E-state index in [1.54, 1.807) is 17.5 Å². The maximum Gasteiger partial charge on any atom is 0.236 e. The van der Waals surface area contributed by atoms with E-state index in [0.29, 0.717) is 12.5 Å². The van der Waals surface area contributed by atoms with E-state index in [9.17, 15) is 4.79 Å². The lowest BCUT2D eigenvalue weighted by molar-refractivity contribution is -0.122. The SMILES string of the molecule is CC(C)CC(N)C(=O)NCC(C)c1nccs1. The van der Waals surface area contributed by atoms with Crippen LogP contribution in [0.5, 0.6) is 0 Å². The highest BCUT2D eigenvalue weighted by Crippen LogP contribution is 2.16. The molecule has 2 unspecified atom stereocenters. The predicted octanol–water partition coefficient (Wildman–Crippen LogP) is 1.74. The average molecular weight is 255 g/mol. The molecular weight excluding hydrogens is 234 g/mol. The van der Waals surface area contributed by atoms with E-state index in [-0.39, 0.29) is 11.8 Å². The largest absolute Gasteiger partial charge is 0.354 e. The topological polar surface area (TPSA) is 68.0 Å². The molecule has 2 atom stereocenters. The number of nitrogens with one attached hydrogen (secondary N) is 1. The average Bonchev–Trinajstić information content (AvgIpc) is 2.77. The Bertz CT molecular complexity index is 338. The summed E-state index contributed by atoms with van der Waals surface area (Å²) in [6, 6.07) is -0.404. The van der Waals surface area contributed by atoms with Crippen LogP contribution in [0.4, 0.5) is 0 Å². The molecule has 1 rings (SSSR count). The second kappa shape index (κ2) is 6.71. The van der Waals surface area contributed by atoms with Crippen LogP contribution in [0.25, 0.3) is 0 Å². The molecular formula is C12H21N3OS. The van der Waals surface area contributed by atoms with Gasteiger partial charge in [-0.15, -0.1) is 11.3 Å². The van der Waals surface area contributed by atoms with Gasteiger partial charge >= 0.3 is 0 Å². The van der Waals surface area contributed by atoms with Crippen LogP contribution >= 0.6 is 11.3 Å². The highest BCUT2D eigenvalue weighted by Gasteiger charge is 2.16. The molecule has 0 radical (unpaired) electrons. The van der Waals surface area contributed by atoms with Gasteiger partial charge in [-0.2, -0.15) is 0 Å². The van der Waals surface area contributed by atoms with Gasteiger partial charge in [0.25, 0.3) is 0 Å². The van der Waals surface area contributed by atoms with Crippen molar-refractivity contribution in [3.05, 3.63) is 16.6 Å². The zero-order chi connectivity index (χ0) is 12.8. The fraction of sp³-hybridized carbons (Fsp3) is 0.667. The molecule has 3 N–H and O–H groups in total. The van der Waals surface area contributed by atoms with Crippen LogP contribution in [0.15, 0.2) is 11.6 Å². The van der Waals surface area contributed by atoms with Crippen LogP contribution in [-0.2, 0) is 4.79 Å². The molecule has 0 saturated heterocycles. The summed E-state index contributed by atoms with van der Waals surface area (Å²) in [5.41, 5.74) is 5.80. The number of thiazole rings is 1. The molecule has 5 heteroatoms. The number of rotatable bonds is 6. The van der Waals surface area contributed by atoms with Crippen LogP contribution in [0.1, 0.15) is 38.1 Å². The zero-order valence-electron chi connectivity index (χ0n) is 10.6. The maximum absolute atomic E-state index is 11.7. The predicted molar refractivity (Wildman–Crippen MR) is 71.0 cm³/mol. The third kappa shape index (κ3) is 4.83. The van der Waals surface area contributed by atoms with Gasteiger partial charge < -0.3 is 11.1 Å². The maximum atomic E-state index is 11.7. The van der Waals surface area contributed by atoms with Crippen LogP contribution in [0.3, 0.4) is 0 Å². The van der Waals surface area contributed by atoms with Gasteiger partial charge in [-0.05, 0) is 12.3 Å². The van der Waals surface area contributed by atoms with Crippen molar-refractivity contribution >= 4 is 17.2 Å². The van der Waals surface area contributed by atoms with Gasteiger partial charge in [0.15, 0.2) is 0 Å². The first-order valence-corrected chi connectivity index (χ1v) is 6.81. The molecule has 0 aliphatic carbocycles. The van der Waals surface area contributed by atoms with Crippen LogP contribution in [-0.4, -0.2) is 23.5 Å². The van der Waals surface area contributed by atoms with Crippen LogP contribution in [0, 0.1) is 5.92 Å². The monoisotopic (exact) mass is 255 g/mol. The number of nitrogens with two attached hydrogens (primary N) is 1. The standard InChI is InChI=1S/C12H21N3OS/c1-8(2)6-10(13)11(16)15-7-9(3)12-14-4-5-17-12/h4-5,8-10H,6-7,13H2,1-3H3,(H,15,16). The zero-order valence-corrected chi connectivity index (χ0v) is 11.5. The van der Waals surface area contributed by atoms with E-state index in [2.05, 4.69) is 24.1 Å². The summed E-state index contributed by atoms with van der Waals surface area (Å²) in [5, 5.41) is 5.87. The normalized spacial score (nSPS) is 14.6.